The molecule has 7 nitrogen and oxygen atoms in total. The van der Waals surface area contributed by atoms with Gasteiger partial charge in [-0.15, -0.1) is 10.2 Å². The molecule has 0 aliphatic carbocycles. The van der Waals surface area contributed by atoms with E-state index in [-0.39, 0.29) is 24.7 Å². The minimum atomic E-state index is -0.884. The van der Waals surface area contributed by atoms with E-state index in [9.17, 15) is 9.59 Å². The third kappa shape index (κ3) is 7.13. The Morgan fingerprint density at radius 3 is 2.05 bits per heavy atom. The lowest BCUT2D eigenvalue weighted by molar-refractivity contribution is -0.137. The van der Waals surface area contributed by atoms with Crippen LogP contribution in [-0.4, -0.2) is 27.1 Å². The maximum Gasteiger partial charge on any atom is 0.303 e. The lowest BCUT2D eigenvalue weighted by Crippen LogP contribution is -2.13. The highest BCUT2D eigenvalue weighted by atomic mass is 16.4. The summed E-state index contributed by atoms with van der Waals surface area (Å²) in [4.78, 5) is 23.0. The topological polar surface area (TPSA) is 105 Å². The molecule has 1 aromatic heterocycles. The summed E-state index contributed by atoms with van der Waals surface area (Å²) in [6.45, 7) is 4.37. The number of carbonyl (C=O) groups is 2. The van der Waals surface area contributed by atoms with Crippen LogP contribution >= 0.6 is 0 Å². The largest absolute Gasteiger partial charge is 0.481 e. The Morgan fingerprint density at radius 2 is 1.46 bits per heavy atom. The van der Waals surface area contributed by atoms with Crippen LogP contribution in [-0.2, 0) is 4.79 Å². The van der Waals surface area contributed by atoms with Crippen molar-refractivity contribution in [2.75, 3.05) is 5.32 Å². The Balaban J connectivity index is 1.44. The number of aromatic nitrogens is 2. The van der Waals surface area contributed by atoms with E-state index in [1.807, 2.05) is 54.6 Å². The summed E-state index contributed by atoms with van der Waals surface area (Å²) in [5, 5.41) is 20.8. The van der Waals surface area contributed by atoms with Crippen LogP contribution in [0, 0.1) is 5.92 Å². The molecule has 0 saturated carbocycles. The molecular formula is C30H31N3O4. The maximum absolute atomic E-state index is 12.3. The molecule has 0 bridgehead atoms. The first-order valence-electron chi connectivity index (χ1n) is 12.5. The number of anilines is 1. The Bertz CT molecular complexity index is 1310. The summed E-state index contributed by atoms with van der Waals surface area (Å²) >= 11 is 0. The average molecular weight is 498 g/mol. The van der Waals surface area contributed by atoms with Gasteiger partial charge in [-0.1, -0.05) is 44.2 Å². The predicted octanol–water partition coefficient (Wildman–Crippen LogP) is 7.04. The van der Waals surface area contributed by atoms with Crippen LogP contribution in [0.4, 0.5) is 5.69 Å². The number of carbonyl (C=O) groups excluding carboxylic acids is 1. The van der Waals surface area contributed by atoms with Crippen LogP contribution < -0.4 is 5.32 Å². The molecule has 0 aliphatic heterocycles. The van der Waals surface area contributed by atoms with Crippen LogP contribution in [0.1, 0.15) is 61.5 Å². The van der Waals surface area contributed by atoms with Gasteiger partial charge in [-0.3, -0.25) is 9.59 Å². The van der Waals surface area contributed by atoms with Crippen molar-refractivity contribution in [2.24, 2.45) is 5.92 Å². The van der Waals surface area contributed by atoms with Crippen molar-refractivity contribution in [3.05, 3.63) is 90.0 Å². The number of carboxylic acids is 1. The fourth-order valence-electron chi connectivity index (χ4n) is 4.14. The fourth-order valence-corrected chi connectivity index (χ4v) is 4.14. The molecule has 1 unspecified atom stereocenters. The lowest BCUT2D eigenvalue weighted by atomic mass is 9.95. The third-order valence-electron chi connectivity index (χ3n) is 6.06. The first-order valence-corrected chi connectivity index (χ1v) is 12.5. The van der Waals surface area contributed by atoms with Crippen molar-refractivity contribution < 1.29 is 19.1 Å². The average Bonchev–Trinajstić information content (AvgIpc) is 3.39. The van der Waals surface area contributed by atoms with Crippen molar-refractivity contribution in [2.45, 2.75) is 45.6 Å². The zero-order chi connectivity index (χ0) is 26.2. The van der Waals surface area contributed by atoms with Gasteiger partial charge in [0.15, 0.2) is 5.78 Å². The smallest absolute Gasteiger partial charge is 0.303 e. The molecule has 0 spiro atoms. The van der Waals surface area contributed by atoms with Crippen LogP contribution in [0.2, 0.25) is 0 Å². The number of Topliss-reactive ketones (excluding diaryl/α,β-unsaturated/α-hetero) is 1. The van der Waals surface area contributed by atoms with Gasteiger partial charge in [-0.05, 0) is 72.9 Å². The van der Waals surface area contributed by atoms with Gasteiger partial charge in [-0.25, -0.2) is 0 Å². The number of carboxylic acid groups (broad SMARTS) is 1. The molecule has 3 aromatic carbocycles. The van der Waals surface area contributed by atoms with E-state index in [0.717, 1.165) is 28.8 Å². The minimum absolute atomic E-state index is 0.00172. The van der Waals surface area contributed by atoms with E-state index in [0.29, 0.717) is 29.7 Å². The molecule has 4 rings (SSSR count). The van der Waals surface area contributed by atoms with Crippen molar-refractivity contribution in [3.8, 4) is 22.9 Å². The summed E-state index contributed by atoms with van der Waals surface area (Å²) in [6, 6.07) is 25.3. The highest BCUT2D eigenvalue weighted by Gasteiger charge is 2.16. The number of aliphatic carboxylic acids is 1. The minimum Gasteiger partial charge on any atom is -0.481 e. The number of nitrogens with one attached hydrogen (secondary N) is 1. The number of hydrogen-bond acceptors (Lipinski definition) is 6. The first-order chi connectivity index (χ1) is 17.9. The van der Waals surface area contributed by atoms with Gasteiger partial charge in [0, 0.05) is 35.2 Å². The third-order valence-corrected chi connectivity index (χ3v) is 6.06. The van der Waals surface area contributed by atoms with Crippen LogP contribution in [0.3, 0.4) is 0 Å². The molecule has 4 aromatic rings. The van der Waals surface area contributed by atoms with Crippen LogP contribution in [0.15, 0.2) is 83.3 Å². The molecule has 0 saturated heterocycles. The molecule has 1 heterocycles. The highest BCUT2D eigenvalue weighted by molar-refractivity contribution is 5.96. The van der Waals surface area contributed by atoms with E-state index in [1.165, 1.54) is 0 Å². The number of ketones is 1. The maximum atomic E-state index is 12.3. The fraction of sp³-hybridized carbons (Fsp3) is 0.267. The van der Waals surface area contributed by atoms with Gasteiger partial charge in [0.2, 0.25) is 11.8 Å². The first kappa shape index (κ1) is 25.8. The van der Waals surface area contributed by atoms with Gasteiger partial charge >= 0.3 is 5.97 Å². The number of benzene rings is 3. The number of nitrogens with zero attached hydrogens (tertiary/aromatic N) is 2. The Labute approximate surface area is 216 Å². The van der Waals surface area contributed by atoms with E-state index >= 15 is 0 Å². The van der Waals surface area contributed by atoms with Crippen LogP contribution in [0.25, 0.3) is 22.9 Å². The van der Waals surface area contributed by atoms with E-state index in [4.69, 9.17) is 9.52 Å². The van der Waals surface area contributed by atoms with E-state index in [1.54, 1.807) is 12.1 Å². The summed E-state index contributed by atoms with van der Waals surface area (Å²) in [5.41, 5.74) is 4.38. The molecule has 37 heavy (non-hydrogen) atoms. The SMILES string of the molecule is CC(C)CC(Nc1ccc(C(=O)CCCC(=O)O)cc1)c1ccc(-c2nnc(-c3ccccc3)o2)cc1. The molecule has 0 fully saturated rings. The van der Waals surface area contributed by atoms with Gasteiger partial charge in [0.05, 0.1) is 6.04 Å². The molecule has 190 valence electrons. The molecule has 0 aliphatic rings. The van der Waals surface area contributed by atoms with Gasteiger partial charge in [-0.2, -0.15) is 0 Å². The van der Waals surface area contributed by atoms with Crippen molar-refractivity contribution in [3.63, 3.8) is 0 Å². The van der Waals surface area contributed by atoms with Gasteiger partial charge in [0.1, 0.15) is 0 Å². The summed E-state index contributed by atoms with van der Waals surface area (Å²) in [6.07, 6.45) is 1.50. The number of rotatable bonds is 12. The summed E-state index contributed by atoms with van der Waals surface area (Å²) in [5.74, 6) is 0.506. The normalized spacial score (nSPS) is 11.9. The predicted molar refractivity (Wildman–Crippen MR) is 143 cm³/mol. The molecule has 2 N–H and O–H groups in total. The molecular weight excluding hydrogens is 466 g/mol. The van der Waals surface area contributed by atoms with Crippen molar-refractivity contribution >= 4 is 17.4 Å². The van der Waals surface area contributed by atoms with E-state index in [2.05, 4.69) is 41.5 Å². The van der Waals surface area contributed by atoms with Crippen molar-refractivity contribution in [1.82, 2.24) is 10.2 Å². The summed E-state index contributed by atoms with van der Waals surface area (Å²) in [7, 11) is 0. The van der Waals surface area contributed by atoms with Gasteiger partial charge in [0.25, 0.3) is 0 Å². The second kappa shape index (κ2) is 12.1. The molecule has 1 atom stereocenters. The molecule has 7 heteroatoms. The second-order valence-electron chi connectivity index (χ2n) is 9.47. The molecule has 0 amide bonds. The second-order valence-corrected chi connectivity index (χ2v) is 9.47. The van der Waals surface area contributed by atoms with Crippen LogP contribution in [0.5, 0.6) is 0 Å². The quantitative estimate of drug-likeness (QED) is 0.202. The van der Waals surface area contributed by atoms with Gasteiger partial charge < -0.3 is 14.8 Å². The Kier molecular flexibility index (Phi) is 8.46. The number of hydrogen-bond donors (Lipinski definition) is 2. The highest BCUT2D eigenvalue weighted by Crippen LogP contribution is 2.29. The Hall–Kier alpha value is -4.26. The van der Waals surface area contributed by atoms with Crippen molar-refractivity contribution in [1.29, 1.82) is 0 Å². The van der Waals surface area contributed by atoms with E-state index < -0.39 is 5.97 Å². The zero-order valence-electron chi connectivity index (χ0n) is 21.1. The zero-order valence-corrected chi connectivity index (χ0v) is 21.1. The molecule has 0 radical (unpaired) electrons. The Morgan fingerprint density at radius 1 is 0.838 bits per heavy atom. The standard InChI is InChI=1S/C30H31N3O4/c1-20(2)19-26(31-25-17-15-22(16-18-25)27(34)9-6-10-28(35)36)21-11-13-24(14-12-21)30-33-32-29(37-30)23-7-4-3-5-8-23/h3-5,7-8,11-18,20,26,31H,6,9-10,19H2,1-2H3,(H,35,36). The monoisotopic (exact) mass is 497 g/mol. The lowest BCUT2D eigenvalue weighted by Gasteiger charge is -2.22. The summed E-state index contributed by atoms with van der Waals surface area (Å²) < 4.78 is 5.89.